The van der Waals surface area contributed by atoms with E-state index in [0.717, 1.165) is 36.5 Å². The van der Waals surface area contributed by atoms with E-state index >= 15 is 0 Å². The summed E-state index contributed by atoms with van der Waals surface area (Å²) in [6, 6.07) is -0.497. The predicted molar refractivity (Wildman–Crippen MR) is 135 cm³/mol. The van der Waals surface area contributed by atoms with E-state index < -0.39 is 30.5 Å². The Hall–Kier alpha value is -1.21. The molecule has 10 nitrogen and oxygen atoms in total. The maximum atomic E-state index is 12.5. The first kappa shape index (κ1) is 26.8. The zero-order chi connectivity index (χ0) is 24.9. The number of aliphatic hydroxyl groups excluding tert-OH is 2. The topological polar surface area (TPSA) is 149 Å². The van der Waals surface area contributed by atoms with Crippen LogP contribution in [0.15, 0.2) is 0 Å². The minimum atomic E-state index is -1.21. The van der Waals surface area contributed by atoms with Crippen molar-refractivity contribution in [1.82, 2.24) is 21.3 Å². The van der Waals surface area contributed by atoms with E-state index in [1.54, 1.807) is 0 Å². The van der Waals surface area contributed by atoms with Crippen LogP contribution in [0.2, 0.25) is 0 Å². The highest BCUT2D eigenvalue weighted by Crippen LogP contribution is 2.33. The first-order valence-electron chi connectivity index (χ1n) is 12.6. The monoisotopic (exact) mass is 530 g/mol. The number of rotatable bonds is 9. The maximum Gasteiger partial charge on any atom is 0.315 e. The number of hydrogen-bond acceptors (Lipinski definition) is 8. The molecule has 0 aromatic carbocycles. The fourth-order valence-corrected chi connectivity index (χ4v) is 8.29. The van der Waals surface area contributed by atoms with Crippen molar-refractivity contribution in [2.75, 3.05) is 23.8 Å². The van der Waals surface area contributed by atoms with Gasteiger partial charge in [-0.2, -0.15) is 23.5 Å². The molecular formula is C23H38N4O6S2. The van der Waals surface area contributed by atoms with Gasteiger partial charge in [-0.1, -0.05) is 0 Å². The first-order chi connectivity index (χ1) is 16.8. The van der Waals surface area contributed by atoms with Crippen molar-refractivity contribution in [2.45, 2.75) is 93.2 Å². The summed E-state index contributed by atoms with van der Waals surface area (Å²) in [6.07, 6.45) is 1.18. The van der Waals surface area contributed by atoms with E-state index in [9.17, 15) is 24.6 Å². The average molecular weight is 531 g/mol. The Morgan fingerprint density at radius 2 is 1.91 bits per heavy atom. The number of ether oxygens (including phenoxy) is 1. The Bertz CT molecular complexity index is 770. The zero-order valence-corrected chi connectivity index (χ0v) is 21.7. The minimum Gasteiger partial charge on any atom is -0.388 e. The molecule has 0 saturated carbocycles. The van der Waals surface area contributed by atoms with Crippen LogP contribution in [0.4, 0.5) is 4.79 Å². The zero-order valence-electron chi connectivity index (χ0n) is 20.1. The van der Waals surface area contributed by atoms with Gasteiger partial charge in [0.2, 0.25) is 11.8 Å². The number of aliphatic hydroxyl groups is 2. The quantitative estimate of drug-likeness (QED) is 0.228. The molecule has 2 unspecified atom stereocenters. The first-order valence-corrected chi connectivity index (χ1v) is 14.8. The number of hydrogen-bond donors (Lipinski definition) is 6. The molecule has 0 aromatic heterocycles. The van der Waals surface area contributed by atoms with Gasteiger partial charge in [-0.3, -0.25) is 9.59 Å². The van der Waals surface area contributed by atoms with Crippen molar-refractivity contribution >= 4 is 41.4 Å². The van der Waals surface area contributed by atoms with E-state index in [-0.39, 0.29) is 36.5 Å². The van der Waals surface area contributed by atoms with Crippen LogP contribution in [0, 0.1) is 5.92 Å². The molecule has 4 aliphatic rings. The molecule has 4 rings (SSSR count). The van der Waals surface area contributed by atoms with Crippen LogP contribution < -0.4 is 21.3 Å². The second kappa shape index (κ2) is 12.4. The molecule has 12 heteroatoms. The largest absolute Gasteiger partial charge is 0.388 e. The number of nitrogens with one attached hydrogen (secondary N) is 4. The van der Waals surface area contributed by atoms with Gasteiger partial charge in [0.15, 0.2) is 0 Å². The molecule has 6 N–H and O–H groups in total. The fraction of sp³-hybridized carbons (Fsp3) is 0.870. The summed E-state index contributed by atoms with van der Waals surface area (Å²) in [6.45, 7) is 1.49. The maximum absolute atomic E-state index is 12.5. The van der Waals surface area contributed by atoms with Crippen molar-refractivity contribution in [3.05, 3.63) is 0 Å². The SMILES string of the molecule is CC(=O)NC1[C@H](CC2CCSCC2)OC(CNC(=O)CCC[C@@H]2SC[C@@H]3NC(=O)N[C@@H]32)[C@@H](O)[C@@H]1O. The summed E-state index contributed by atoms with van der Waals surface area (Å²) < 4.78 is 6.18. The van der Waals surface area contributed by atoms with Gasteiger partial charge in [-0.05, 0) is 49.5 Å². The molecule has 35 heavy (non-hydrogen) atoms. The molecule has 4 saturated heterocycles. The summed E-state index contributed by atoms with van der Waals surface area (Å²) in [7, 11) is 0. The average Bonchev–Trinajstić information content (AvgIpc) is 3.37. The highest BCUT2D eigenvalue weighted by molar-refractivity contribution is 8.00. The molecule has 0 aromatic rings. The molecule has 4 heterocycles. The Morgan fingerprint density at radius 3 is 2.66 bits per heavy atom. The Labute approximate surface area is 214 Å². The smallest absolute Gasteiger partial charge is 0.315 e. The summed E-state index contributed by atoms with van der Waals surface area (Å²) in [5, 5.41) is 33.2. The van der Waals surface area contributed by atoms with Crippen LogP contribution >= 0.6 is 23.5 Å². The van der Waals surface area contributed by atoms with Gasteiger partial charge in [0.25, 0.3) is 0 Å². The lowest BCUT2D eigenvalue weighted by Crippen LogP contribution is -2.65. The normalized spacial score (nSPS) is 37.3. The predicted octanol–water partition coefficient (Wildman–Crippen LogP) is -0.0345. The van der Waals surface area contributed by atoms with Gasteiger partial charge < -0.3 is 36.2 Å². The van der Waals surface area contributed by atoms with Gasteiger partial charge in [0.1, 0.15) is 18.3 Å². The number of amides is 4. The lowest BCUT2D eigenvalue weighted by atomic mass is 9.85. The highest BCUT2D eigenvalue weighted by Gasteiger charge is 2.45. The molecule has 0 bridgehead atoms. The molecule has 4 fully saturated rings. The third kappa shape index (κ3) is 6.97. The highest BCUT2D eigenvalue weighted by atomic mass is 32.2. The summed E-state index contributed by atoms with van der Waals surface area (Å²) >= 11 is 3.76. The standard InChI is InChI=1S/C23H38N4O6S2/c1-12(28)25-20-15(9-13-5-7-34-8-6-13)33-16(21(30)22(20)31)10-24-18(29)4-2-3-17-19-14(11-35-17)26-23(32)27-19/h13-17,19-22,30-31H,2-11H2,1H3,(H,24,29)(H,25,28)(H2,26,27,32)/t14-,15-,16?,17-,19-,20?,21+,22+/m0/s1. The van der Waals surface area contributed by atoms with Crippen LogP contribution in [0.1, 0.15) is 45.4 Å². The number of urea groups is 1. The third-order valence-electron chi connectivity index (χ3n) is 7.46. The number of carbonyl (C=O) groups excluding carboxylic acids is 3. The molecule has 198 valence electrons. The Balaban J connectivity index is 1.24. The van der Waals surface area contributed by atoms with Gasteiger partial charge in [0.05, 0.1) is 24.2 Å². The number of carbonyl (C=O) groups is 3. The molecule has 4 aliphatic heterocycles. The fourth-order valence-electron chi connectivity index (χ4n) is 5.55. The van der Waals surface area contributed by atoms with E-state index in [1.807, 2.05) is 23.5 Å². The van der Waals surface area contributed by atoms with Gasteiger partial charge >= 0.3 is 6.03 Å². The van der Waals surface area contributed by atoms with Crippen LogP contribution in [-0.2, 0) is 14.3 Å². The van der Waals surface area contributed by atoms with E-state index in [0.29, 0.717) is 30.4 Å². The van der Waals surface area contributed by atoms with Crippen molar-refractivity contribution in [3.63, 3.8) is 0 Å². The molecule has 0 aliphatic carbocycles. The van der Waals surface area contributed by atoms with Crippen molar-refractivity contribution in [1.29, 1.82) is 0 Å². The summed E-state index contributed by atoms with van der Waals surface area (Å²) in [5.41, 5.74) is 0. The van der Waals surface area contributed by atoms with Gasteiger partial charge in [0, 0.05) is 30.9 Å². The van der Waals surface area contributed by atoms with Crippen molar-refractivity contribution < 1.29 is 29.3 Å². The van der Waals surface area contributed by atoms with Crippen LogP contribution in [0.5, 0.6) is 0 Å². The lowest BCUT2D eigenvalue weighted by Gasteiger charge is -2.44. The second-order valence-corrected chi connectivity index (χ2v) is 12.5. The molecule has 8 atom stereocenters. The molecule has 4 amide bonds. The minimum absolute atomic E-state index is 0.101. The molecule has 0 radical (unpaired) electrons. The second-order valence-electron chi connectivity index (χ2n) is 10.0. The van der Waals surface area contributed by atoms with Gasteiger partial charge in [-0.15, -0.1) is 0 Å². The van der Waals surface area contributed by atoms with E-state index in [2.05, 4.69) is 21.3 Å². The third-order valence-corrected chi connectivity index (χ3v) is 10.0. The summed E-state index contributed by atoms with van der Waals surface area (Å²) in [5.74, 6) is 3.11. The van der Waals surface area contributed by atoms with E-state index in [1.165, 1.54) is 6.92 Å². The van der Waals surface area contributed by atoms with Crippen LogP contribution in [0.25, 0.3) is 0 Å². The number of thioether (sulfide) groups is 2. The van der Waals surface area contributed by atoms with Crippen molar-refractivity contribution in [3.8, 4) is 0 Å². The van der Waals surface area contributed by atoms with Crippen LogP contribution in [-0.4, -0.2) is 99.7 Å². The van der Waals surface area contributed by atoms with Crippen molar-refractivity contribution in [2.24, 2.45) is 5.92 Å². The summed E-state index contributed by atoms with van der Waals surface area (Å²) in [4.78, 5) is 35.7. The van der Waals surface area contributed by atoms with E-state index in [4.69, 9.17) is 4.74 Å². The Kier molecular flexibility index (Phi) is 9.47. The Morgan fingerprint density at radius 1 is 1.14 bits per heavy atom. The molecule has 0 spiro atoms. The van der Waals surface area contributed by atoms with Crippen LogP contribution in [0.3, 0.4) is 0 Å². The molecular weight excluding hydrogens is 492 g/mol. The lowest BCUT2D eigenvalue weighted by molar-refractivity contribution is -0.188. The van der Waals surface area contributed by atoms with Gasteiger partial charge in [-0.25, -0.2) is 4.79 Å². The number of fused-ring (bicyclic) bond motifs is 1.